The molecule has 3 unspecified atom stereocenters. The Hall–Kier alpha value is -17.8. The average molecular weight is 2030 g/mol. The quantitative estimate of drug-likeness (QED) is 0.00719. The fourth-order valence-corrected chi connectivity index (χ4v) is 14.7. The van der Waals surface area contributed by atoms with E-state index >= 15 is 0 Å². The second-order valence-electron chi connectivity index (χ2n) is 33.9. The number of hydrogen-bond donors (Lipinski definition) is 2. The lowest BCUT2D eigenvalue weighted by molar-refractivity contribution is -0.189. The van der Waals surface area contributed by atoms with Gasteiger partial charge in [-0.1, -0.05) is 142 Å². The fraction of sp³-hybridized carbons (Fsp3) is 0.283. The lowest BCUT2D eigenvalue weighted by atomic mass is 9.88. The van der Waals surface area contributed by atoms with E-state index in [1.54, 1.807) is 88.4 Å². The van der Waals surface area contributed by atoms with Gasteiger partial charge in [-0.25, -0.2) is 4.79 Å². The number of carbonyl (C=O) groups excluding carboxylic acids is 24. The summed E-state index contributed by atoms with van der Waals surface area (Å²) in [6.07, 6.45) is -4.82. The van der Waals surface area contributed by atoms with Gasteiger partial charge in [0.1, 0.15) is 38.1 Å². The van der Waals surface area contributed by atoms with E-state index in [-0.39, 0.29) is 173 Å². The molecule has 6 aliphatic rings. The minimum Gasteiger partial charge on any atom is -0.465 e. The van der Waals surface area contributed by atoms with E-state index in [2.05, 4.69) is 16.1 Å². The molecule has 5 aromatic carbocycles. The molecule has 16 rings (SSSR count). The summed E-state index contributed by atoms with van der Waals surface area (Å²) in [5.41, 5.74) is 6.66. The van der Waals surface area contributed by atoms with Crippen LogP contribution in [0.25, 0.3) is 0 Å². The number of nitrogens with two attached hydrogens (primary N) is 1. The van der Waals surface area contributed by atoms with Gasteiger partial charge in [0.2, 0.25) is 84.0 Å². The molecule has 0 spiro atoms. The summed E-state index contributed by atoms with van der Waals surface area (Å²) in [6, 6.07) is 36.4. The van der Waals surface area contributed by atoms with Crippen LogP contribution in [-0.2, 0) is 95.3 Å². The van der Waals surface area contributed by atoms with Gasteiger partial charge in [0.05, 0.1) is 58.1 Å². The van der Waals surface area contributed by atoms with Crippen LogP contribution in [0.4, 0.5) is 0 Å². The molecule has 148 heavy (non-hydrogen) atoms. The molecule has 6 heterocycles. The smallest absolute Gasteiger partial charge is 0.337 e. The number of benzene rings is 5. The molecule has 0 saturated carbocycles. The van der Waals surface area contributed by atoms with Crippen molar-refractivity contribution in [1.29, 1.82) is 0 Å². The number of fused-ring (bicyclic) bond motifs is 10. The fourth-order valence-electron chi connectivity index (χ4n) is 14.7. The highest BCUT2D eigenvalue weighted by Crippen LogP contribution is 2.37. The van der Waals surface area contributed by atoms with E-state index in [0.717, 1.165) is 18.2 Å². The SMILES string of the molecule is C=C(C)OC(C)OC(=O)CC(=O)c1cc2c(o1)C(=O)c1ccccc1C2=O.CC(OC(=O)CC(=O)c1cc2c(o1)C(=O)c1ccccc1C2=O)OC(=O)C1CCOCC1.CCC(C)(C)C(=O)OCOC(=O)CC(=O)c1cc2c(o1)C(=O)c1ccccc1C2=O.CCC(O)C(=O)OCOC(=O)CC(=O)c1cc2c(o1)C(=O)c1ccccc1C2=O.C[C@H](N)C(=O)OCCCOC(=O)CC(=O)c1cc2c(o1)C(=O)c1ccccc1C2=O. The van der Waals surface area contributed by atoms with Gasteiger partial charge in [-0.15, -0.1) is 0 Å². The Morgan fingerprint density at radius 1 is 0.365 bits per heavy atom. The first-order valence-electron chi connectivity index (χ1n) is 45.6. The van der Waals surface area contributed by atoms with E-state index in [1.807, 2.05) is 6.92 Å². The maximum absolute atomic E-state index is 12.6. The van der Waals surface area contributed by atoms with Gasteiger partial charge in [-0.2, -0.15) is 0 Å². The average Bonchev–Trinajstić information content (AvgIpc) is 1.62. The Morgan fingerprint density at radius 2 is 0.635 bits per heavy atom. The lowest BCUT2D eigenvalue weighted by Gasteiger charge is -2.22. The third-order valence-electron chi connectivity index (χ3n) is 22.8. The molecule has 1 fully saturated rings. The maximum Gasteiger partial charge on any atom is 0.337 e. The largest absolute Gasteiger partial charge is 0.465 e. The number of ether oxygens (including phenoxy) is 11. The summed E-state index contributed by atoms with van der Waals surface area (Å²) in [6.45, 7) is 15.8. The van der Waals surface area contributed by atoms with Crippen molar-refractivity contribution < 1.29 is 194 Å². The molecule has 0 radical (unpaired) electrons. The zero-order valence-corrected chi connectivity index (χ0v) is 80.2. The summed E-state index contributed by atoms with van der Waals surface area (Å²) in [4.78, 5) is 293. The first-order valence-corrected chi connectivity index (χ1v) is 45.6. The summed E-state index contributed by atoms with van der Waals surface area (Å²) in [5.74, 6) is -18.0. The molecule has 42 nitrogen and oxygen atoms in total. The van der Waals surface area contributed by atoms with Crippen LogP contribution >= 0.6 is 0 Å². The molecule has 766 valence electrons. The Bertz CT molecular complexity index is 6870. The van der Waals surface area contributed by atoms with Crippen LogP contribution in [0, 0.1) is 11.3 Å². The van der Waals surface area contributed by atoms with Crippen LogP contribution in [0.3, 0.4) is 0 Å². The number of allylic oxidation sites excluding steroid dienone is 1. The van der Waals surface area contributed by atoms with Crippen LogP contribution in [0.15, 0.2) is 186 Å². The predicted octanol–water partition coefficient (Wildman–Crippen LogP) is 11.6. The van der Waals surface area contributed by atoms with Gasteiger partial charge in [0.15, 0.2) is 92.6 Å². The molecule has 1 aliphatic heterocycles. The standard InChI is InChI=1S/C23H20O9.C22H20O8.C21H19NO8.C20H16O9.C20H16O7/c1-12(31-23(28)13-6-8-29-9-7-13)30-19(25)11-17(24)18-10-16-20(26)14-4-2-3-5-15(14)21(27)22(16)32-18;1-4-22(2,3)21(27)29-11-28-17(24)10-15(23)16-9-14-18(25)12-7-5-6-8-13(12)19(26)20(14)30-16;1-11(22)21(27)29-8-4-7-28-17(24)10-15(23)16-9-14-18(25)12-5-2-3-6-13(12)19(26)20(14)30-16;1-2-13(21)20(26)28-9-27-16(23)8-14(22)15-7-12-17(24)10-5-3-4-6-11(10)18(25)19(12)29-15;1-10(2)25-11(3)26-17(22)9-15(21)16-8-14-18(23)12-6-4-5-7-13(12)19(24)20(14)27-16/h2-5,10,12-13H,6-9,11H2,1H3;5-9H,4,10-11H2,1-3H3;2-3,5-6,9,11H,4,7-8,10,22H2,1H3;3-7,13,21H,2,8-9H2,1H3;4-8,11H,1,9H2,2-3H3/t;;11-;;/m..0../s1. The second-order valence-corrected chi connectivity index (χ2v) is 33.9. The number of furan rings is 5. The number of carbonyl (C=O) groups is 24. The van der Waals surface area contributed by atoms with Crippen molar-refractivity contribution in [2.24, 2.45) is 17.1 Å². The van der Waals surface area contributed by atoms with Crippen LogP contribution in [0.1, 0.15) is 333 Å². The monoisotopic (exact) mass is 2030 g/mol. The number of esters is 9. The number of rotatable bonds is 34. The van der Waals surface area contributed by atoms with E-state index in [9.17, 15) is 120 Å². The van der Waals surface area contributed by atoms with Crippen molar-refractivity contribution in [3.63, 3.8) is 0 Å². The molecule has 4 atom stereocenters. The topological polar surface area (TPSA) is 623 Å². The van der Waals surface area contributed by atoms with Gasteiger partial charge >= 0.3 is 53.7 Å². The third-order valence-corrected chi connectivity index (χ3v) is 22.8. The number of aliphatic hydroxyl groups excluding tert-OH is 1. The van der Waals surface area contributed by atoms with Crippen molar-refractivity contribution in [3.05, 3.63) is 305 Å². The first kappa shape index (κ1) is 109. The van der Waals surface area contributed by atoms with Crippen LogP contribution in [0.5, 0.6) is 0 Å². The Labute approximate surface area is 837 Å². The zero-order valence-electron chi connectivity index (χ0n) is 80.2. The highest BCUT2D eigenvalue weighted by Gasteiger charge is 2.42. The Kier molecular flexibility index (Phi) is 35.4. The summed E-state index contributed by atoms with van der Waals surface area (Å²) in [7, 11) is 0. The van der Waals surface area contributed by atoms with E-state index in [0.29, 0.717) is 38.2 Å². The second kappa shape index (κ2) is 48.1. The summed E-state index contributed by atoms with van der Waals surface area (Å²) >= 11 is 0. The molecular weight excluding hydrogens is 1940 g/mol. The first-order chi connectivity index (χ1) is 70.4. The van der Waals surface area contributed by atoms with Gasteiger partial charge in [0.25, 0.3) is 0 Å². The molecule has 3 N–H and O–H groups in total. The molecule has 0 bridgehead atoms. The molecule has 5 aromatic heterocycles. The zero-order chi connectivity index (χ0) is 108. The normalized spacial score (nSPS) is 13.9. The highest BCUT2D eigenvalue weighted by atomic mass is 16.7. The number of ketones is 15. The third kappa shape index (κ3) is 25.7. The predicted molar refractivity (Wildman–Crippen MR) is 496 cm³/mol. The molecular formula is C106H91NO41. The minimum absolute atomic E-state index is 0.00800. The maximum atomic E-state index is 12.6. The summed E-state index contributed by atoms with van der Waals surface area (Å²) in [5, 5.41) is 9.24. The molecule has 0 amide bonds. The van der Waals surface area contributed by atoms with E-state index < -0.39 is 216 Å². The number of aliphatic hydroxyl groups is 1. The van der Waals surface area contributed by atoms with Crippen molar-refractivity contribution in [1.82, 2.24) is 0 Å². The summed E-state index contributed by atoms with van der Waals surface area (Å²) < 4.78 is 80.3. The highest BCUT2D eigenvalue weighted by molar-refractivity contribution is 6.32. The van der Waals surface area contributed by atoms with Crippen LogP contribution in [0.2, 0.25) is 0 Å². The molecule has 42 heteroatoms. The Morgan fingerprint density at radius 3 is 0.919 bits per heavy atom. The number of hydrogen-bond acceptors (Lipinski definition) is 42. The molecule has 5 aliphatic carbocycles. The van der Waals surface area contributed by atoms with Crippen molar-refractivity contribution in [2.75, 3.05) is 40.0 Å². The molecule has 10 aromatic rings. The van der Waals surface area contributed by atoms with Crippen molar-refractivity contribution in [2.45, 2.75) is 144 Å². The van der Waals surface area contributed by atoms with Crippen molar-refractivity contribution >= 4 is 140 Å². The molecule has 1 saturated heterocycles. The lowest BCUT2D eigenvalue weighted by Crippen LogP contribution is -2.30. The van der Waals surface area contributed by atoms with E-state index in [1.165, 1.54) is 93.6 Å². The van der Waals surface area contributed by atoms with Crippen molar-refractivity contribution in [3.8, 4) is 0 Å². The Balaban J connectivity index is 0.000000164. The van der Waals surface area contributed by atoms with Gasteiger partial charge < -0.3 is 85.0 Å². The van der Waals surface area contributed by atoms with Gasteiger partial charge in [-0.05, 0) is 83.7 Å². The van der Waals surface area contributed by atoms with Crippen LogP contribution in [-0.4, -0.2) is 210 Å². The van der Waals surface area contributed by atoms with Crippen LogP contribution < -0.4 is 5.73 Å². The number of Topliss-reactive ketones (excluding diaryl/α,β-unsaturated/α-hetero) is 5. The van der Waals surface area contributed by atoms with E-state index in [4.69, 9.17) is 70.5 Å². The van der Waals surface area contributed by atoms with Gasteiger partial charge in [0, 0.05) is 89.1 Å². The van der Waals surface area contributed by atoms with Gasteiger partial charge in [-0.3, -0.25) is 110 Å². The minimum atomic E-state index is -1.33.